The molecule has 10 heteroatoms. The SMILES string of the molecule is CCc1nc(-c2cc(NCCn3c(C)cc4cccc(OCF)c43)ncn2)sc1C(=O)O. The van der Waals surface area contributed by atoms with Crippen molar-refractivity contribution >= 4 is 34.0 Å². The van der Waals surface area contributed by atoms with Gasteiger partial charge in [-0.3, -0.25) is 0 Å². The Morgan fingerprint density at radius 3 is 2.88 bits per heavy atom. The highest BCUT2D eigenvalue weighted by molar-refractivity contribution is 7.17. The number of carbonyl (C=O) groups is 1. The second-order valence-corrected chi connectivity index (χ2v) is 8.05. The van der Waals surface area contributed by atoms with Gasteiger partial charge in [-0.1, -0.05) is 19.1 Å². The first-order valence-electron chi connectivity index (χ1n) is 10.1. The van der Waals surface area contributed by atoms with Crippen molar-refractivity contribution in [1.82, 2.24) is 19.5 Å². The Labute approximate surface area is 187 Å². The molecule has 0 spiro atoms. The van der Waals surface area contributed by atoms with E-state index in [9.17, 15) is 14.3 Å². The number of aromatic nitrogens is 4. The number of aromatic carboxylic acids is 1. The van der Waals surface area contributed by atoms with E-state index in [2.05, 4.69) is 24.8 Å². The van der Waals surface area contributed by atoms with Crippen molar-refractivity contribution in [3.05, 3.63) is 52.9 Å². The topological polar surface area (TPSA) is 102 Å². The van der Waals surface area contributed by atoms with Gasteiger partial charge in [-0.2, -0.15) is 0 Å². The molecule has 4 rings (SSSR count). The van der Waals surface area contributed by atoms with Crippen LogP contribution in [0.3, 0.4) is 0 Å². The van der Waals surface area contributed by atoms with E-state index in [1.165, 1.54) is 6.33 Å². The molecule has 0 atom stereocenters. The average Bonchev–Trinajstić information content (AvgIpc) is 3.36. The van der Waals surface area contributed by atoms with Crippen LogP contribution < -0.4 is 10.1 Å². The molecule has 4 aromatic rings. The van der Waals surface area contributed by atoms with Crippen LogP contribution in [-0.2, 0) is 13.0 Å². The van der Waals surface area contributed by atoms with Gasteiger partial charge in [0.25, 0.3) is 0 Å². The number of hydrogen-bond acceptors (Lipinski definition) is 7. The lowest BCUT2D eigenvalue weighted by molar-refractivity contribution is 0.0700. The third-order valence-corrected chi connectivity index (χ3v) is 6.16. The van der Waals surface area contributed by atoms with E-state index < -0.39 is 12.8 Å². The van der Waals surface area contributed by atoms with Gasteiger partial charge in [0.05, 0.1) is 11.2 Å². The predicted molar refractivity (Wildman–Crippen MR) is 121 cm³/mol. The number of nitrogens with zero attached hydrogens (tertiary/aromatic N) is 4. The van der Waals surface area contributed by atoms with Crippen molar-refractivity contribution in [2.75, 3.05) is 18.7 Å². The van der Waals surface area contributed by atoms with Crippen LogP contribution in [0.15, 0.2) is 36.7 Å². The number of aryl methyl sites for hydroxylation is 2. The van der Waals surface area contributed by atoms with Gasteiger partial charge in [-0.15, -0.1) is 11.3 Å². The van der Waals surface area contributed by atoms with Gasteiger partial charge in [-0.05, 0) is 25.5 Å². The number of carboxylic acid groups (broad SMARTS) is 1. The molecular weight excluding hydrogens is 433 g/mol. The summed E-state index contributed by atoms with van der Waals surface area (Å²) in [7, 11) is 0. The molecule has 0 amide bonds. The van der Waals surface area contributed by atoms with Crippen molar-refractivity contribution in [2.45, 2.75) is 26.8 Å². The molecule has 0 aliphatic heterocycles. The Kier molecular flexibility index (Phi) is 6.31. The highest BCUT2D eigenvalue weighted by atomic mass is 32.1. The van der Waals surface area contributed by atoms with Crippen LogP contribution in [0.1, 0.15) is 28.0 Å². The lowest BCUT2D eigenvalue weighted by Gasteiger charge is -2.12. The molecule has 3 heterocycles. The van der Waals surface area contributed by atoms with E-state index in [1.807, 2.05) is 32.0 Å². The Hall–Kier alpha value is -3.53. The number of carboxylic acids is 1. The summed E-state index contributed by atoms with van der Waals surface area (Å²) in [6.07, 6.45) is 1.96. The molecule has 0 radical (unpaired) electrons. The molecule has 0 aliphatic carbocycles. The zero-order valence-corrected chi connectivity index (χ0v) is 18.4. The number of para-hydroxylation sites is 1. The lowest BCUT2D eigenvalue weighted by Crippen LogP contribution is -2.12. The molecule has 0 aliphatic rings. The van der Waals surface area contributed by atoms with E-state index in [-0.39, 0.29) is 4.88 Å². The Morgan fingerprint density at radius 1 is 1.31 bits per heavy atom. The molecular formula is C22H22FN5O3S. The Morgan fingerprint density at radius 2 is 2.16 bits per heavy atom. The smallest absolute Gasteiger partial charge is 0.347 e. The molecule has 0 fully saturated rings. The third-order valence-electron chi connectivity index (χ3n) is 5.05. The number of alkyl halides is 1. The molecule has 8 nitrogen and oxygen atoms in total. The maximum Gasteiger partial charge on any atom is 0.347 e. The minimum atomic E-state index is -0.983. The maximum atomic E-state index is 12.8. The predicted octanol–water partition coefficient (Wildman–Crippen LogP) is 4.54. The zero-order valence-electron chi connectivity index (χ0n) is 17.6. The molecule has 0 saturated carbocycles. The van der Waals surface area contributed by atoms with Crippen LogP contribution in [0.5, 0.6) is 5.75 Å². The number of anilines is 1. The number of nitrogens with one attached hydrogen (secondary N) is 1. The van der Waals surface area contributed by atoms with Gasteiger partial charge in [0.1, 0.15) is 33.5 Å². The Balaban J connectivity index is 1.52. The second kappa shape index (κ2) is 9.31. The number of rotatable bonds is 9. The van der Waals surface area contributed by atoms with Crippen molar-refractivity contribution < 1.29 is 19.0 Å². The number of halogens is 1. The quantitative estimate of drug-likeness (QED) is 0.382. The fourth-order valence-electron chi connectivity index (χ4n) is 3.62. The maximum absolute atomic E-state index is 12.8. The second-order valence-electron chi connectivity index (χ2n) is 7.05. The molecule has 1 aromatic carbocycles. The van der Waals surface area contributed by atoms with Crippen LogP contribution in [0.25, 0.3) is 21.6 Å². The van der Waals surface area contributed by atoms with Crippen LogP contribution in [0.4, 0.5) is 10.2 Å². The lowest BCUT2D eigenvalue weighted by atomic mass is 10.2. The minimum Gasteiger partial charge on any atom is -0.477 e. The van der Waals surface area contributed by atoms with Gasteiger partial charge < -0.3 is 19.7 Å². The number of hydrogen-bond donors (Lipinski definition) is 2. The van der Waals surface area contributed by atoms with Crippen LogP contribution in [0, 0.1) is 6.92 Å². The molecule has 0 unspecified atom stereocenters. The monoisotopic (exact) mass is 455 g/mol. The summed E-state index contributed by atoms with van der Waals surface area (Å²) in [5, 5.41) is 14.2. The molecule has 0 saturated heterocycles. The molecule has 166 valence electrons. The van der Waals surface area contributed by atoms with Crippen LogP contribution >= 0.6 is 11.3 Å². The summed E-state index contributed by atoms with van der Waals surface area (Å²) >= 11 is 1.11. The third kappa shape index (κ3) is 4.26. The van der Waals surface area contributed by atoms with Crippen LogP contribution in [0.2, 0.25) is 0 Å². The highest BCUT2D eigenvalue weighted by Gasteiger charge is 2.18. The summed E-state index contributed by atoms with van der Waals surface area (Å²) in [4.78, 5) is 24.6. The van der Waals surface area contributed by atoms with Crippen LogP contribution in [-0.4, -0.2) is 44.0 Å². The molecule has 0 bridgehead atoms. The highest BCUT2D eigenvalue weighted by Crippen LogP contribution is 2.30. The average molecular weight is 456 g/mol. The zero-order chi connectivity index (χ0) is 22.7. The van der Waals surface area contributed by atoms with E-state index >= 15 is 0 Å². The first-order chi connectivity index (χ1) is 15.5. The Bertz CT molecular complexity index is 1270. The normalized spacial score (nSPS) is 11.1. The van der Waals surface area contributed by atoms with Crippen molar-refractivity contribution in [2.24, 2.45) is 0 Å². The largest absolute Gasteiger partial charge is 0.477 e. The fraction of sp³-hybridized carbons (Fsp3) is 0.273. The van der Waals surface area contributed by atoms with E-state index in [4.69, 9.17) is 4.74 Å². The molecule has 2 N–H and O–H groups in total. The van der Waals surface area contributed by atoms with Gasteiger partial charge in [0.2, 0.25) is 6.86 Å². The number of thiazole rings is 1. The van der Waals surface area contributed by atoms with E-state index in [0.717, 1.165) is 27.9 Å². The van der Waals surface area contributed by atoms with Gasteiger partial charge in [0.15, 0.2) is 0 Å². The molecule has 3 aromatic heterocycles. The van der Waals surface area contributed by atoms with Gasteiger partial charge in [0, 0.05) is 30.2 Å². The van der Waals surface area contributed by atoms with E-state index in [0.29, 0.717) is 47.5 Å². The van der Waals surface area contributed by atoms with E-state index in [1.54, 1.807) is 12.1 Å². The summed E-state index contributed by atoms with van der Waals surface area (Å²) in [6, 6.07) is 9.36. The number of benzene rings is 1. The number of ether oxygens (including phenoxy) is 1. The minimum absolute atomic E-state index is 0.233. The number of fused-ring (bicyclic) bond motifs is 1. The summed E-state index contributed by atoms with van der Waals surface area (Å²) in [5.41, 5.74) is 3.00. The summed E-state index contributed by atoms with van der Waals surface area (Å²) < 4.78 is 20.0. The van der Waals surface area contributed by atoms with Crippen molar-refractivity contribution in [3.63, 3.8) is 0 Å². The summed E-state index contributed by atoms with van der Waals surface area (Å²) in [6.45, 7) is 4.15. The summed E-state index contributed by atoms with van der Waals surface area (Å²) in [5.74, 6) is 0.130. The van der Waals surface area contributed by atoms with Gasteiger partial charge >= 0.3 is 5.97 Å². The first-order valence-corrected chi connectivity index (χ1v) is 10.9. The first kappa shape index (κ1) is 21.7. The fourth-order valence-corrected chi connectivity index (χ4v) is 4.58. The van der Waals surface area contributed by atoms with Crippen molar-refractivity contribution in [1.29, 1.82) is 0 Å². The molecule has 32 heavy (non-hydrogen) atoms. The van der Waals surface area contributed by atoms with Crippen molar-refractivity contribution in [3.8, 4) is 16.5 Å². The van der Waals surface area contributed by atoms with Gasteiger partial charge in [-0.25, -0.2) is 24.1 Å². The standard InChI is InChI=1S/C22H22FN5O3S/c1-3-15-20(22(29)30)32-21(27-15)16-10-18(26-12-25-16)24-7-8-28-13(2)9-14-5-4-6-17(19(14)28)31-11-23/h4-6,9-10,12H,3,7-8,11H2,1-2H3,(H,29,30)(H,24,25,26).